The van der Waals surface area contributed by atoms with Gasteiger partial charge >= 0.3 is 0 Å². The van der Waals surface area contributed by atoms with E-state index in [9.17, 15) is 4.39 Å². The molecule has 0 aromatic rings. The van der Waals surface area contributed by atoms with Gasteiger partial charge in [0.1, 0.15) is 5.83 Å². The molecular formula is C9H13F. The Labute approximate surface area is 61.8 Å². The summed E-state index contributed by atoms with van der Waals surface area (Å²) in [5.74, 6) is -0.249. The molecule has 0 bridgehead atoms. The van der Waals surface area contributed by atoms with Gasteiger partial charge in [-0.15, -0.1) is 0 Å². The van der Waals surface area contributed by atoms with Gasteiger partial charge in [-0.25, -0.2) is 4.39 Å². The normalized spacial score (nSPS) is 12.0. The summed E-state index contributed by atoms with van der Waals surface area (Å²) < 4.78 is 12.6. The molecule has 0 amide bonds. The highest BCUT2D eigenvalue weighted by molar-refractivity contribution is 5.27. The first kappa shape index (κ1) is 9.15. The Balaban J connectivity index is 4.48. The van der Waals surface area contributed by atoms with Crippen LogP contribution in [0.25, 0.3) is 0 Å². The first-order chi connectivity index (χ1) is 4.57. The topological polar surface area (TPSA) is 0 Å². The van der Waals surface area contributed by atoms with Crippen molar-refractivity contribution in [3.63, 3.8) is 0 Å². The summed E-state index contributed by atoms with van der Waals surface area (Å²) in [5, 5.41) is 0. The second-order valence-corrected chi connectivity index (χ2v) is 2.46. The summed E-state index contributed by atoms with van der Waals surface area (Å²) in [4.78, 5) is 0. The second kappa shape index (κ2) is 4.04. The summed E-state index contributed by atoms with van der Waals surface area (Å²) >= 11 is 0. The fourth-order valence-corrected chi connectivity index (χ4v) is 0.663. The van der Waals surface area contributed by atoms with E-state index in [2.05, 4.69) is 6.58 Å². The zero-order valence-corrected chi connectivity index (χ0v) is 6.74. The van der Waals surface area contributed by atoms with Crippen molar-refractivity contribution >= 4 is 0 Å². The van der Waals surface area contributed by atoms with Gasteiger partial charge in [-0.1, -0.05) is 18.2 Å². The fraction of sp³-hybridized carbons (Fsp3) is 0.333. The van der Waals surface area contributed by atoms with Gasteiger partial charge in [0, 0.05) is 0 Å². The third-order valence-corrected chi connectivity index (χ3v) is 1.06. The molecule has 0 aliphatic heterocycles. The standard InChI is InChI=1S/C9H13F/c1-5-9(10)8(4)6-7(2)3/h5-6H,1H2,2-4H3/b9-8+. The van der Waals surface area contributed by atoms with E-state index < -0.39 is 0 Å². The lowest BCUT2D eigenvalue weighted by atomic mass is 10.2. The maximum absolute atomic E-state index is 12.6. The average Bonchev–Trinajstić information content (AvgIpc) is 1.85. The number of hydrogen-bond donors (Lipinski definition) is 0. The Kier molecular flexibility index (Phi) is 3.70. The Morgan fingerprint density at radius 2 is 1.80 bits per heavy atom. The number of allylic oxidation sites excluding steroid dienone is 5. The van der Waals surface area contributed by atoms with Gasteiger partial charge in [-0.2, -0.15) is 0 Å². The maximum atomic E-state index is 12.6. The molecule has 1 heteroatoms. The van der Waals surface area contributed by atoms with Crippen LogP contribution in [0, 0.1) is 0 Å². The van der Waals surface area contributed by atoms with Crippen LogP contribution in [0.4, 0.5) is 4.39 Å². The molecule has 0 aliphatic carbocycles. The highest BCUT2D eigenvalue weighted by atomic mass is 19.1. The molecule has 0 aromatic heterocycles. The largest absolute Gasteiger partial charge is 0.207 e. The van der Waals surface area contributed by atoms with E-state index in [1.165, 1.54) is 6.08 Å². The molecule has 0 aliphatic rings. The number of halogens is 1. The Bertz CT molecular complexity index is 181. The molecule has 0 rings (SSSR count). The van der Waals surface area contributed by atoms with Crippen LogP contribution in [-0.4, -0.2) is 0 Å². The van der Waals surface area contributed by atoms with Crippen molar-refractivity contribution in [2.75, 3.05) is 0 Å². The molecular weight excluding hydrogens is 127 g/mol. The summed E-state index contributed by atoms with van der Waals surface area (Å²) in [6.45, 7) is 8.91. The van der Waals surface area contributed by atoms with E-state index >= 15 is 0 Å². The van der Waals surface area contributed by atoms with E-state index in [4.69, 9.17) is 0 Å². The molecule has 0 N–H and O–H groups in total. The first-order valence-corrected chi connectivity index (χ1v) is 3.21. The fourth-order valence-electron chi connectivity index (χ4n) is 0.663. The van der Waals surface area contributed by atoms with Crippen molar-refractivity contribution in [2.45, 2.75) is 20.8 Å². The lowest BCUT2D eigenvalue weighted by Crippen LogP contribution is -1.74. The van der Waals surface area contributed by atoms with E-state index in [0.717, 1.165) is 5.57 Å². The SMILES string of the molecule is C=C/C(F)=C(/C)C=C(C)C. The van der Waals surface area contributed by atoms with Crippen molar-refractivity contribution in [1.29, 1.82) is 0 Å². The molecule has 0 saturated heterocycles. The van der Waals surface area contributed by atoms with Crippen LogP contribution in [0.15, 0.2) is 35.7 Å². The highest BCUT2D eigenvalue weighted by Crippen LogP contribution is 2.09. The third-order valence-electron chi connectivity index (χ3n) is 1.06. The minimum absolute atomic E-state index is 0.249. The van der Waals surface area contributed by atoms with Crippen LogP contribution in [0.5, 0.6) is 0 Å². The van der Waals surface area contributed by atoms with E-state index in [-0.39, 0.29) is 5.83 Å². The van der Waals surface area contributed by atoms with Gasteiger partial charge in [0.15, 0.2) is 0 Å². The predicted molar refractivity (Wildman–Crippen MR) is 43.4 cm³/mol. The van der Waals surface area contributed by atoms with Crippen molar-refractivity contribution in [3.05, 3.63) is 35.7 Å². The molecule has 0 saturated carbocycles. The minimum atomic E-state index is -0.249. The molecule has 56 valence electrons. The molecule has 0 heterocycles. The molecule has 0 atom stereocenters. The molecule has 0 fully saturated rings. The van der Waals surface area contributed by atoms with Gasteiger partial charge in [0.2, 0.25) is 0 Å². The zero-order chi connectivity index (χ0) is 8.15. The van der Waals surface area contributed by atoms with Crippen LogP contribution in [-0.2, 0) is 0 Å². The zero-order valence-electron chi connectivity index (χ0n) is 6.74. The highest BCUT2D eigenvalue weighted by Gasteiger charge is 1.91. The van der Waals surface area contributed by atoms with E-state index in [1.807, 2.05) is 13.8 Å². The van der Waals surface area contributed by atoms with E-state index in [0.29, 0.717) is 5.57 Å². The van der Waals surface area contributed by atoms with Gasteiger partial charge in [0.05, 0.1) is 0 Å². The lowest BCUT2D eigenvalue weighted by Gasteiger charge is -1.93. The lowest BCUT2D eigenvalue weighted by molar-refractivity contribution is 0.658. The summed E-state index contributed by atoms with van der Waals surface area (Å²) in [5.41, 5.74) is 1.73. The summed E-state index contributed by atoms with van der Waals surface area (Å²) in [7, 11) is 0. The molecule has 0 unspecified atom stereocenters. The average molecular weight is 140 g/mol. The Hall–Kier alpha value is -0.850. The predicted octanol–water partition coefficient (Wildman–Crippen LogP) is 3.38. The van der Waals surface area contributed by atoms with Crippen LogP contribution in [0.1, 0.15) is 20.8 Å². The number of rotatable bonds is 2. The molecule has 0 nitrogen and oxygen atoms in total. The van der Waals surface area contributed by atoms with Crippen LogP contribution < -0.4 is 0 Å². The van der Waals surface area contributed by atoms with Gasteiger partial charge in [0.25, 0.3) is 0 Å². The molecule has 0 aromatic carbocycles. The molecule has 10 heavy (non-hydrogen) atoms. The van der Waals surface area contributed by atoms with Crippen LogP contribution >= 0.6 is 0 Å². The van der Waals surface area contributed by atoms with Crippen molar-refractivity contribution in [2.24, 2.45) is 0 Å². The van der Waals surface area contributed by atoms with Gasteiger partial charge < -0.3 is 0 Å². The number of hydrogen-bond acceptors (Lipinski definition) is 0. The minimum Gasteiger partial charge on any atom is -0.207 e. The van der Waals surface area contributed by atoms with E-state index in [1.54, 1.807) is 13.0 Å². The Morgan fingerprint density at radius 1 is 1.30 bits per heavy atom. The third kappa shape index (κ3) is 3.23. The van der Waals surface area contributed by atoms with Crippen molar-refractivity contribution in [1.82, 2.24) is 0 Å². The maximum Gasteiger partial charge on any atom is 0.125 e. The quantitative estimate of drug-likeness (QED) is 0.516. The van der Waals surface area contributed by atoms with Gasteiger partial charge in [-0.05, 0) is 32.4 Å². The van der Waals surface area contributed by atoms with Gasteiger partial charge in [-0.3, -0.25) is 0 Å². The summed E-state index contributed by atoms with van der Waals surface area (Å²) in [6.07, 6.45) is 3.01. The second-order valence-electron chi connectivity index (χ2n) is 2.46. The Morgan fingerprint density at radius 3 is 2.10 bits per heavy atom. The monoisotopic (exact) mass is 140 g/mol. The first-order valence-electron chi connectivity index (χ1n) is 3.21. The van der Waals surface area contributed by atoms with Crippen LogP contribution in [0.3, 0.4) is 0 Å². The summed E-state index contributed by atoms with van der Waals surface area (Å²) in [6, 6.07) is 0. The molecule has 0 spiro atoms. The smallest absolute Gasteiger partial charge is 0.125 e. The van der Waals surface area contributed by atoms with Crippen LogP contribution in [0.2, 0.25) is 0 Å². The van der Waals surface area contributed by atoms with Crippen molar-refractivity contribution < 1.29 is 4.39 Å². The van der Waals surface area contributed by atoms with Crippen molar-refractivity contribution in [3.8, 4) is 0 Å². The molecule has 0 radical (unpaired) electrons.